The number of aliphatic hydroxyl groups excluding tert-OH is 1. The largest absolute Gasteiger partial charge is 0.508 e. The molecule has 1 amide bonds. The van der Waals surface area contributed by atoms with Crippen LogP contribution in [0.15, 0.2) is 63.8 Å². The van der Waals surface area contributed by atoms with Crippen molar-refractivity contribution in [2.45, 2.75) is 104 Å². The Labute approximate surface area is 351 Å². The van der Waals surface area contributed by atoms with E-state index in [0.717, 1.165) is 37.0 Å². The number of carboxylic acid groups (broad SMARTS) is 1. The van der Waals surface area contributed by atoms with Gasteiger partial charge in [-0.3, -0.25) is 9.59 Å². The maximum absolute atomic E-state index is 13.0. The normalized spacial score (nSPS) is 29.2. The standard InChI is InChI=1S/C48H59N3O7S/c1-27(38-14-15-39-34-10-6-28-23-32(54)17-19-47(28,2)40(34)18-20-48(38,39)3)5-16-43(55)49-21-4-22-50-46(59)51-29-7-11-33(37(24-29)45(56)57)44-35-12-8-30(52)25-41(35)58-42-26-31(53)9-13-36(42)44/h7-9,11-13,24-28,32,34,38-40,52,54H,4-6,10,14-23H2,1-3H3,(H,49,55)(H,56,57)(H2,50,51,59)/t27?,28?,32-,34?,38?,39?,40?,47+,48-/m1/s1. The quantitative estimate of drug-likeness (QED) is 0.0489. The number of phenols is 1. The van der Waals surface area contributed by atoms with Crippen LogP contribution in [-0.4, -0.2) is 51.5 Å². The molecule has 8 rings (SSSR count). The Morgan fingerprint density at radius 2 is 1.66 bits per heavy atom. The first-order valence-electron chi connectivity index (χ1n) is 21.8. The minimum Gasteiger partial charge on any atom is -0.508 e. The first kappa shape index (κ1) is 41.3. The summed E-state index contributed by atoms with van der Waals surface area (Å²) in [5.74, 6) is 3.48. The van der Waals surface area contributed by atoms with Gasteiger partial charge in [0.05, 0.1) is 11.7 Å². The van der Waals surface area contributed by atoms with Gasteiger partial charge in [0.1, 0.15) is 17.1 Å². The van der Waals surface area contributed by atoms with Crippen LogP contribution in [-0.2, 0) is 4.79 Å². The number of carbonyl (C=O) groups is 2. The Kier molecular flexibility index (Phi) is 11.6. The molecule has 2 aromatic rings. The van der Waals surface area contributed by atoms with Crippen molar-refractivity contribution in [1.82, 2.24) is 10.6 Å². The van der Waals surface area contributed by atoms with Crippen LogP contribution >= 0.6 is 12.2 Å². The number of hydrogen-bond donors (Lipinski definition) is 6. The van der Waals surface area contributed by atoms with Crippen molar-refractivity contribution in [3.63, 3.8) is 0 Å². The molecule has 6 unspecified atom stereocenters. The fourth-order valence-electron chi connectivity index (χ4n) is 12.7. The Morgan fingerprint density at radius 3 is 2.47 bits per heavy atom. The molecule has 4 fully saturated rings. The van der Waals surface area contributed by atoms with Gasteiger partial charge in [-0.2, -0.15) is 0 Å². The van der Waals surface area contributed by atoms with E-state index in [1.807, 2.05) is 0 Å². The van der Waals surface area contributed by atoms with E-state index < -0.39 is 5.97 Å². The third-order valence-corrected chi connectivity index (χ3v) is 15.9. The summed E-state index contributed by atoms with van der Waals surface area (Å²) in [5.41, 5.74) is 2.89. The second-order valence-corrected chi connectivity index (χ2v) is 19.2. The second-order valence-electron chi connectivity index (χ2n) is 18.8. The average molecular weight is 822 g/mol. The number of benzene rings is 3. The van der Waals surface area contributed by atoms with Crippen molar-refractivity contribution in [2.75, 3.05) is 18.4 Å². The highest BCUT2D eigenvalue weighted by Gasteiger charge is 2.60. The zero-order valence-electron chi connectivity index (χ0n) is 34.5. The van der Waals surface area contributed by atoms with E-state index in [4.69, 9.17) is 16.6 Å². The third kappa shape index (κ3) is 7.97. The van der Waals surface area contributed by atoms with Crippen LogP contribution < -0.4 is 21.4 Å². The van der Waals surface area contributed by atoms with Crippen molar-refractivity contribution in [3.8, 4) is 28.2 Å². The molecule has 0 saturated heterocycles. The zero-order chi connectivity index (χ0) is 41.6. The summed E-state index contributed by atoms with van der Waals surface area (Å²) >= 11 is 5.53. The molecule has 5 aliphatic carbocycles. The molecule has 0 aromatic heterocycles. The molecular formula is C48H59N3O7S. The van der Waals surface area contributed by atoms with E-state index in [1.54, 1.807) is 24.3 Å². The van der Waals surface area contributed by atoms with Crippen molar-refractivity contribution >= 4 is 45.9 Å². The van der Waals surface area contributed by atoms with Crippen LogP contribution in [0.2, 0.25) is 0 Å². The van der Waals surface area contributed by atoms with Crippen LogP contribution in [0.4, 0.5) is 5.69 Å². The van der Waals surface area contributed by atoms with Crippen LogP contribution in [0, 0.1) is 46.3 Å². The molecule has 0 spiro atoms. The second kappa shape index (κ2) is 16.5. The number of nitrogens with one attached hydrogen (secondary N) is 3. The number of carbonyl (C=O) groups excluding carboxylic acids is 1. The molecule has 4 saturated carbocycles. The first-order chi connectivity index (χ1) is 28.2. The predicted molar refractivity (Wildman–Crippen MR) is 235 cm³/mol. The lowest BCUT2D eigenvalue weighted by Crippen LogP contribution is -2.54. The summed E-state index contributed by atoms with van der Waals surface area (Å²) in [4.78, 5) is 37.7. The molecule has 6 aliphatic rings. The number of fused-ring (bicyclic) bond motifs is 7. The molecule has 1 aliphatic heterocycles. The molecule has 0 radical (unpaired) electrons. The highest BCUT2D eigenvalue weighted by Crippen LogP contribution is 2.68. The molecule has 6 N–H and O–H groups in total. The van der Waals surface area contributed by atoms with Crippen LogP contribution in [0.3, 0.4) is 0 Å². The summed E-state index contributed by atoms with van der Waals surface area (Å²) in [7, 11) is 0. The fourth-order valence-corrected chi connectivity index (χ4v) is 12.9. The van der Waals surface area contributed by atoms with Crippen molar-refractivity contribution < 1.29 is 29.3 Å². The topological polar surface area (TPSA) is 161 Å². The molecular weight excluding hydrogens is 763 g/mol. The minimum absolute atomic E-state index is 0.0189. The van der Waals surface area contributed by atoms with Gasteiger partial charge in [0.15, 0.2) is 10.5 Å². The van der Waals surface area contributed by atoms with Crippen molar-refractivity contribution in [2.24, 2.45) is 46.3 Å². The van der Waals surface area contributed by atoms with Gasteiger partial charge in [0, 0.05) is 53.8 Å². The van der Waals surface area contributed by atoms with Gasteiger partial charge in [-0.05, 0) is 171 Å². The van der Waals surface area contributed by atoms with Gasteiger partial charge in [-0.25, -0.2) is 4.79 Å². The summed E-state index contributed by atoms with van der Waals surface area (Å²) < 4.78 is 5.93. The van der Waals surface area contributed by atoms with Crippen molar-refractivity contribution in [1.29, 1.82) is 0 Å². The summed E-state index contributed by atoms with van der Waals surface area (Å²) in [6.45, 7) is 8.57. The SMILES string of the molecule is CC(CCC(=O)NCCCNC(=S)Nc1ccc(-c2c3ccc(=O)cc-3oc3cc(O)ccc23)c(C(=O)O)c1)C1CCC2C3CCC4C[C@H](O)CC[C@]4(C)C3CC[C@]12C. The lowest BCUT2D eigenvalue weighted by Gasteiger charge is -2.61. The Bertz CT molecular complexity index is 2270. The molecule has 0 bridgehead atoms. The number of hydrogen-bond acceptors (Lipinski definition) is 7. The maximum atomic E-state index is 13.0. The van der Waals surface area contributed by atoms with Crippen molar-refractivity contribution in [3.05, 3.63) is 70.4 Å². The number of thiocarbonyl (C=S) groups is 1. The minimum atomic E-state index is -1.14. The van der Waals surface area contributed by atoms with Crippen LogP contribution in [0.1, 0.15) is 108 Å². The van der Waals surface area contributed by atoms with E-state index in [9.17, 15) is 29.7 Å². The molecule has 11 heteroatoms. The lowest BCUT2D eigenvalue weighted by atomic mass is 9.44. The number of phenolic OH excluding ortho intramolecular Hbond substituents is 1. The third-order valence-electron chi connectivity index (χ3n) is 15.6. The zero-order valence-corrected chi connectivity index (χ0v) is 35.3. The van der Waals surface area contributed by atoms with E-state index in [-0.39, 0.29) is 34.5 Å². The number of aromatic hydroxyl groups is 1. The molecule has 9 atom stereocenters. The molecule has 1 heterocycles. The summed E-state index contributed by atoms with van der Waals surface area (Å²) in [6.07, 6.45) is 13.0. The fraction of sp³-hybridized carbons (Fsp3) is 0.542. The van der Waals surface area contributed by atoms with E-state index in [0.29, 0.717) is 93.0 Å². The Balaban J connectivity index is 0.805. The first-order valence-corrected chi connectivity index (χ1v) is 22.2. The number of anilines is 1. The Hall–Kier alpha value is -4.48. The molecule has 2 aromatic carbocycles. The summed E-state index contributed by atoms with van der Waals surface area (Å²) in [5, 5.41) is 41.1. The summed E-state index contributed by atoms with van der Waals surface area (Å²) in [6, 6.07) is 13.9. The average Bonchev–Trinajstić information content (AvgIpc) is 3.56. The molecule has 59 heavy (non-hydrogen) atoms. The van der Waals surface area contributed by atoms with Gasteiger partial charge >= 0.3 is 5.97 Å². The monoisotopic (exact) mass is 821 g/mol. The molecule has 314 valence electrons. The van der Waals surface area contributed by atoms with Crippen LogP contribution in [0.25, 0.3) is 33.4 Å². The lowest BCUT2D eigenvalue weighted by molar-refractivity contribution is -0.129. The molecule has 10 nitrogen and oxygen atoms in total. The highest BCUT2D eigenvalue weighted by atomic mass is 32.1. The van der Waals surface area contributed by atoms with Gasteiger partial charge in [-0.1, -0.05) is 26.8 Å². The van der Waals surface area contributed by atoms with Crippen LogP contribution in [0.5, 0.6) is 5.75 Å². The van der Waals surface area contributed by atoms with E-state index in [2.05, 4.69) is 36.7 Å². The number of amides is 1. The number of aliphatic hydroxyl groups is 1. The number of rotatable bonds is 11. The maximum Gasteiger partial charge on any atom is 0.336 e. The number of aromatic carboxylic acids is 1. The van der Waals surface area contributed by atoms with Gasteiger partial charge < -0.3 is 35.7 Å². The van der Waals surface area contributed by atoms with E-state index >= 15 is 0 Å². The van der Waals surface area contributed by atoms with Gasteiger partial charge in [0.2, 0.25) is 5.91 Å². The van der Waals surface area contributed by atoms with E-state index in [1.165, 1.54) is 75.3 Å². The Morgan fingerprint density at radius 1 is 0.898 bits per heavy atom. The van der Waals surface area contributed by atoms with Gasteiger partial charge in [0.25, 0.3) is 0 Å². The highest BCUT2D eigenvalue weighted by molar-refractivity contribution is 7.80. The number of carboxylic acids is 1. The van der Waals surface area contributed by atoms with Gasteiger partial charge in [-0.15, -0.1) is 0 Å². The predicted octanol–water partition coefficient (Wildman–Crippen LogP) is 9.20. The smallest absolute Gasteiger partial charge is 0.336 e.